The Labute approximate surface area is 188 Å². The van der Waals surface area contributed by atoms with Crippen LogP contribution in [-0.4, -0.2) is 34.6 Å². The molecule has 168 valence electrons. The predicted octanol–water partition coefficient (Wildman–Crippen LogP) is 4.38. The SMILES string of the molecule is COCCOc1ccc(C(=O)Nc2ccc(S(=O)(=O)Nc3cc(C)cc(C)c3)cc2)cc1. The molecule has 2 N–H and O–H groups in total. The Bertz CT molecular complexity index is 1150. The van der Waals surface area contributed by atoms with Crippen LogP contribution in [0.5, 0.6) is 5.75 Å². The van der Waals surface area contributed by atoms with E-state index >= 15 is 0 Å². The highest BCUT2D eigenvalue weighted by Gasteiger charge is 2.15. The first kappa shape index (κ1) is 23.3. The molecule has 0 aliphatic heterocycles. The van der Waals surface area contributed by atoms with Gasteiger partial charge in [-0.25, -0.2) is 8.42 Å². The van der Waals surface area contributed by atoms with Crippen molar-refractivity contribution in [2.24, 2.45) is 0 Å². The van der Waals surface area contributed by atoms with Crippen LogP contribution in [0.2, 0.25) is 0 Å². The number of hydrogen-bond acceptors (Lipinski definition) is 5. The van der Waals surface area contributed by atoms with Gasteiger partial charge in [-0.1, -0.05) is 6.07 Å². The van der Waals surface area contributed by atoms with Gasteiger partial charge in [0.25, 0.3) is 15.9 Å². The first-order chi connectivity index (χ1) is 15.3. The lowest BCUT2D eigenvalue weighted by Gasteiger charge is -2.11. The van der Waals surface area contributed by atoms with Gasteiger partial charge in [-0.05, 0) is 85.6 Å². The lowest BCUT2D eigenvalue weighted by atomic mass is 10.1. The molecule has 0 spiro atoms. The van der Waals surface area contributed by atoms with E-state index < -0.39 is 10.0 Å². The van der Waals surface area contributed by atoms with Gasteiger partial charge in [0.2, 0.25) is 0 Å². The van der Waals surface area contributed by atoms with Crippen molar-refractivity contribution in [2.45, 2.75) is 18.7 Å². The molecule has 7 nitrogen and oxygen atoms in total. The summed E-state index contributed by atoms with van der Waals surface area (Å²) >= 11 is 0. The zero-order valence-electron chi connectivity index (χ0n) is 18.2. The van der Waals surface area contributed by atoms with Crippen molar-refractivity contribution < 1.29 is 22.7 Å². The summed E-state index contributed by atoms with van der Waals surface area (Å²) in [6.07, 6.45) is 0. The maximum absolute atomic E-state index is 12.7. The second-order valence-electron chi connectivity index (χ2n) is 7.33. The molecule has 0 saturated carbocycles. The van der Waals surface area contributed by atoms with E-state index in [1.54, 1.807) is 55.6 Å². The summed E-state index contributed by atoms with van der Waals surface area (Å²) in [5.41, 5.74) is 3.39. The van der Waals surface area contributed by atoms with Gasteiger partial charge in [0.15, 0.2) is 0 Å². The van der Waals surface area contributed by atoms with Gasteiger partial charge in [0.05, 0.1) is 11.5 Å². The summed E-state index contributed by atoms with van der Waals surface area (Å²) < 4.78 is 38.4. The molecule has 3 rings (SSSR count). The average Bonchev–Trinajstić information content (AvgIpc) is 2.74. The minimum atomic E-state index is -3.74. The third-order valence-corrected chi connectivity index (χ3v) is 5.97. The van der Waals surface area contributed by atoms with Crippen LogP contribution >= 0.6 is 0 Å². The van der Waals surface area contributed by atoms with Crippen molar-refractivity contribution in [3.8, 4) is 5.75 Å². The van der Waals surface area contributed by atoms with Crippen LogP contribution in [0, 0.1) is 13.8 Å². The van der Waals surface area contributed by atoms with Crippen LogP contribution in [-0.2, 0) is 14.8 Å². The van der Waals surface area contributed by atoms with E-state index in [9.17, 15) is 13.2 Å². The van der Waals surface area contributed by atoms with Crippen LogP contribution < -0.4 is 14.8 Å². The Balaban J connectivity index is 1.64. The van der Waals surface area contributed by atoms with Crippen molar-refractivity contribution in [2.75, 3.05) is 30.4 Å². The van der Waals surface area contributed by atoms with Gasteiger partial charge in [-0.3, -0.25) is 9.52 Å². The van der Waals surface area contributed by atoms with Gasteiger partial charge in [0.1, 0.15) is 12.4 Å². The van der Waals surface area contributed by atoms with Crippen molar-refractivity contribution >= 4 is 27.3 Å². The highest BCUT2D eigenvalue weighted by atomic mass is 32.2. The molecule has 0 saturated heterocycles. The first-order valence-corrected chi connectivity index (χ1v) is 11.5. The van der Waals surface area contributed by atoms with E-state index in [1.165, 1.54) is 12.1 Å². The number of nitrogens with one attached hydrogen (secondary N) is 2. The van der Waals surface area contributed by atoms with E-state index in [2.05, 4.69) is 10.0 Å². The Hall–Kier alpha value is -3.36. The lowest BCUT2D eigenvalue weighted by molar-refractivity contribution is 0.102. The van der Waals surface area contributed by atoms with Gasteiger partial charge in [0, 0.05) is 24.0 Å². The number of amides is 1. The van der Waals surface area contributed by atoms with Gasteiger partial charge in [-0.2, -0.15) is 0 Å². The number of carbonyl (C=O) groups is 1. The highest BCUT2D eigenvalue weighted by molar-refractivity contribution is 7.92. The fourth-order valence-corrected chi connectivity index (χ4v) is 4.15. The molecule has 0 aliphatic rings. The van der Waals surface area contributed by atoms with Crippen molar-refractivity contribution in [3.63, 3.8) is 0 Å². The van der Waals surface area contributed by atoms with Gasteiger partial charge >= 0.3 is 0 Å². The lowest BCUT2D eigenvalue weighted by Crippen LogP contribution is -2.14. The van der Waals surface area contributed by atoms with Crippen LogP contribution in [0.1, 0.15) is 21.5 Å². The van der Waals surface area contributed by atoms with E-state index in [4.69, 9.17) is 9.47 Å². The molecular weight excluding hydrogens is 428 g/mol. The summed E-state index contributed by atoms with van der Waals surface area (Å²) in [5.74, 6) is 0.335. The molecule has 32 heavy (non-hydrogen) atoms. The number of hydrogen-bond donors (Lipinski definition) is 2. The number of anilines is 2. The molecule has 1 amide bonds. The Kier molecular flexibility index (Phi) is 7.50. The fourth-order valence-electron chi connectivity index (χ4n) is 3.11. The summed E-state index contributed by atoms with van der Waals surface area (Å²) in [4.78, 5) is 12.6. The van der Waals surface area contributed by atoms with Gasteiger partial charge < -0.3 is 14.8 Å². The van der Waals surface area contributed by atoms with Crippen molar-refractivity contribution in [1.29, 1.82) is 0 Å². The zero-order chi connectivity index (χ0) is 23.1. The number of aryl methyl sites for hydroxylation is 2. The zero-order valence-corrected chi connectivity index (χ0v) is 19.0. The maximum Gasteiger partial charge on any atom is 0.261 e. The van der Waals surface area contributed by atoms with E-state index in [0.29, 0.717) is 35.9 Å². The Morgan fingerprint density at radius 3 is 2.06 bits per heavy atom. The van der Waals surface area contributed by atoms with Crippen LogP contribution in [0.15, 0.2) is 71.6 Å². The molecule has 8 heteroatoms. The number of methoxy groups -OCH3 is 1. The van der Waals surface area contributed by atoms with Crippen molar-refractivity contribution in [1.82, 2.24) is 0 Å². The predicted molar refractivity (Wildman–Crippen MR) is 125 cm³/mol. The molecule has 0 aliphatic carbocycles. The monoisotopic (exact) mass is 454 g/mol. The quantitative estimate of drug-likeness (QED) is 0.468. The minimum absolute atomic E-state index is 0.104. The third-order valence-electron chi connectivity index (χ3n) is 4.57. The first-order valence-electron chi connectivity index (χ1n) is 10.0. The summed E-state index contributed by atoms with van der Waals surface area (Å²) in [6, 6.07) is 18.2. The van der Waals surface area contributed by atoms with Crippen molar-refractivity contribution in [3.05, 3.63) is 83.4 Å². The number of carbonyl (C=O) groups excluding carboxylic acids is 1. The molecule has 0 radical (unpaired) electrons. The number of sulfonamides is 1. The maximum atomic E-state index is 12.7. The summed E-state index contributed by atoms with van der Waals surface area (Å²) in [6.45, 7) is 4.72. The summed E-state index contributed by atoms with van der Waals surface area (Å²) in [5, 5.41) is 2.76. The topological polar surface area (TPSA) is 93.7 Å². The molecule has 0 fully saturated rings. The molecular formula is C24H26N2O5S. The summed E-state index contributed by atoms with van der Waals surface area (Å²) in [7, 11) is -2.15. The molecule has 0 aromatic heterocycles. The number of rotatable bonds is 9. The molecule has 3 aromatic rings. The second-order valence-corrected chi connectivity index (χ2v) is 9.01. The molecule has 0 unspecified atom stereocenters. The standard InChI is InChI=1S/C24H26N2O5S/c1-17-14-18(2)16-21(15-17)26-32(28,29)23-10-6-20(7-11-23)25-24(27)19-4-8-22(9-5-19)31-13-12-30-3/h4-11,14-16,26H,12-13H2,1-3H3,(H,25,27). The molecule has 0 heterocycles. The van der Waals surface area contributed by atoms with Crippen LogP contribution in [0.3, 0.4) is 0 Å². The van der Waals surface area contributed by atoms with Crippen LogP contribution in [0.25, 0.3) is 0 Å². The normalized spacial score (nSPS) is 11.1. The Morgan fingerprint density at radius 1 is 0.844 bits per heavy atom. The van der Waals surface area contributed by atoms with E-state index in [-0.39, 0.29) is 10.8 Å². The second kappa shape index (κ2) is 10.3. The van der Waals surface area contributed by atoms with E-state index in [1.807, 2.05) is 19.9 Å². The molecule has 3 aromatic carbocycles. The third kappa shape index (κ3) is 6.32. The smallest absolute Gasteiger partial charge is 0.261 e. The highest BCUT2D eigenvalue weighted by Crippen LogP contribution is 2.21. The van der Waals surface area contributed by atoms with Crippen LogP contribution in [0.4, 0.5) is 11.4 Å². The largest absolute Gasteiger partial charge is 0.491 e. The van der Waals surface area contributed by atoms with Gasteiger partial charge in [-0.15, -0.1) is 0 Å². The fraction of sp³-hybridized carbons (Fsp3) is 0.208. The molecule has 0 atom stereocenters. The number of ether oxygens (including phenoxy) is 2. The molecule has 0 bridgehead atoms. The Morgan fingerprint density at radius 2 is 1.47 bits per heavy atom. The average molecular weight is 455 g/mol. The number of benzene rings is 3. The minimum Gasteiger partial charge on any atom is -0.491 e. The van der Waals surface area contributed by atoms with E-state index in [0.717, 1.165) is 11.1 Å².